The minimum absolute atomic E-state index is 0.0907. The normalized spacial score (nSPS) is 10.3. The fourth-order valence-corrected chi connectivity index (χ4v) is 1.63. The number of hydrogen-bond donors (Lipinski definition) is 2. The highest BCUT2D eigenvalue weighted by Crippen LogP contribution is 2.39. The Morgan fingerprint density at radius 2 is 2.06 bits per heavy atom. The lowest BCUT2D eigenvalue weighted by Gasteiger charge is -2.12. The first-order chi connectivity index (χ1) is 8.17. The van der Waals surface area contributed by atoms with Crippen LogP contribution in [0.4, 0.5) is 10.2 Å². The second-order valence-corrected chi connectivity index (χ2v) is 3.36. The van der Waals surface area contributed by atoms with E-state index in [1.807, 2.05) is 0 Å². The number of nitrogens with one attached hydrogen (secondary N) is 1. The van der Waals surface area contributed by atoms with Crippen LogP contribution in [0.1, 0.15) is 0 Å². The molecule has 0 bridgehead atoms. The van der Waals surface area contributed by atoms with Gasteiger partial charge in [0.05, 0.1) is 25.5 Å². The summed E-state index contributed by atoms with van der Waals surface area (Å²) in [6.07, 6.45) is 0. The van der Waals surface area contributed by atoms with Gasteiger partial charge < -0.3 is 15.2 Å². The van der Waals surface area contributed by atoms with E-state index in [-0.39, 0.29) is 5.75 Å². The van der Waals surface area contributed by atoms with Crippen LogP contribution in [-0.2, 0) is 0 Å². The lowest BCUT2D eigenvalue weighted by Crippen LogP contribution is -1.96. The van der Waals surface area contributed by atoms with E-state index in [1.165, 1.54) is 26.4 Å². The summed E-state index contributed by atoms with van der Waals surface area (Å²) in [6.45, 7) is 0. The summed E-state index contributed by atoms with van der Waals surface area (Å²) < 4.78 is 23.8. The van der Waals surface area contributed by atoms with Gasteiger partial charge in [0, 0.05) is 6.07 Å². The Balaban J connectivity index is 2.68. The molecule has 1 aromatic carbocycles. The van der Waals surface area contributed by atoms with Gasteiger partial charge in [-0.3, -0.25) is 5.10 Å². The number of benzene rings is 1. The topological polar surface area (TPSA) is 73.2 Å². The predicted octanol–water partition coefficient (Wildman–Crippen LogP) is 1.82. The van der Waals surface area contributed by atoms with E-state index in [4.69, 9.17) is 15.2 Å². The van der Waals surface area contributed by atoms with E-state index < -0.39 is 5.82 Å². The molecule has 0 saturated heterocycles. The number of hydrogen-bond acceptors (Lipinski definition) is 4. The first kappa shape index (κ1) is 11.3. The van der Waals surface area contributed by atoms with Crippen molar-refractivity contribution in [2.24, 2.45) is 0 Å². The molecule has 0 radical (unpaired) electrons. The summed E-state index contributed by atoms with van der Waals surface area (Å²) in [7, 11) is 2.89. The SMILES string of the molecule is COc1ccc(F)c(OC)c1-c1cc(N)n[nH]1. The van der Waals surface area contributed by atoms with E-state index in [1.54, 1.807) is 6.07 Å². The minimum atomic E-state index is -0.475. The fourth-order valence-electron chi connectivity index (χ4n) is 1.63. The molecule has 0 spiro atoms. The van der Waals surface area contributed by atoms with Gasteiger partial charge >= 0.3 is 0 Å². The van der Waals surface area contributed by atoms with E-state index in [0.717, 1.165) is 0 Å². The van der Waals surface area contributed by atoms with E-state index in [9.17, 15) is 4.39 Å². The number of H-pyrrole nitrogens is 1. The van der Waals surface area contributed by atoms with E-state index in [2.05, 4.69) is 10.2 Å². The summed E-state index contributed by atoms with van der Waals surface area (Å²) in [5, 5.41) is 6.49. The van der Waals surface area contributed by atoms with Crippen molar-refractivity contribution in [2.75, 3.05) is 20.0 Å². The summed E-state index contributed by atoms with van der Waals surface area (Å²) in [6, 6.07) is 4.38. The minimum Gasteiger partial charge on any atom is -0.496 e. The van der Waals surface area contributed by atoms with Crippen molar-refractivity contribution in [3.05, 3.63) is 24.0 Å². The average Bonchev–Trinajstić information content (AvgIpc) is 2.75. The summed E-state index contributed by atoms with van der Waals surface area (Å²) >= 11 is 0. The van der Waals surface area contributed by atoms with Crippen LogP contribution in [0.25, 0.3) is 11.3 Å². The number of nitrogens with zero attached hydrogens (tertiary/aromatic N) is 1. The second kappa shape index (κ2) is 4.32. The van der Waals surface area contributed by atoms with E-state index in [0.29, 0.717) is 22.8 Å². The van der Waals surface area contributed by atoms with Crippen molar-refractivity contribution in [1.82, 2.24) is 10.2 Å². The number of anilines is 1. The largest absolute Gasteiger partial charge is 0.496 e. The quantitative estimate of drug-likeness (QED) is 0.853. The van der Waals surface area contributed by atoms with Crippen LogP contribution in [0.5, 0.6) is 11.5 Å². The van der Waals surface area contributed by atoms with Gasteiger partial charge in [0.1, 0.15) is 11.6 Å². The highest BCUT2D eigenvalue weighted by molar-refractivity contribution is 5.75. The average molecular weight is 237 g/mol. The summed E-state index contributed by atoms with van der Waals surface area (Å²) in [4.78, 5) is 0. The molecule has 1 heterocycles. The zero-order valence-electron chi connectivity index (χ0n) is 9.45. The lowest BCUT2D eigenvalue weighted by atomic mass is 10.1. The first-order valence-electron chi connectivity index (χ1n) is 4.89. The molecule has 0 unspecified atom stereocenters. The van der Waals surface area contributed by atoms with Crippen LogP contribution in [0.3, 0.4) is 0 Å². The van der Waals surface area contributed by atoms with Crippen LogP contribution in [0, 0.1) is 5.82 Å². The highest BCUT2D eigenvalue weighted by Gasteiger charge is 2.18. The Hall–Kier alpha value is -2.24. The van der Waals surface area contributed by atoms with Crippen molar-refractivity contribution in [1.29, 1.82) is 0 Å². The Morgan fingerprint density at radius 3 is 2.59 bits per heavy atom. The van der Waals surface area contributed by atoms with Crippen molar-refractivity contribution < 1.29 is 13.9 Å². The summed E-state index contributed by atoms with van der Waals surface area (Å²) in [5.41, 5.74) is 6.51. The molecular formula is C11H12FN3O2. The fraction of sp³-hybridized carbons (Fsp3) is 0.182. The van der Waals surface area contributed by atoms with Crippen LogP contribution in [-0.4, -0.2) is 24.4 Å². The van der Waals surface area contributed by atoms with Gasteiger partial charge in [-0.2, -0.15) is 5.10 Å². The first-order valence-corrected chi connectivity index (χ1v) is 4.89. The molecule has 0 aliphatic heterocycles. The highest BCUT2D eigenvalue weighted by atomic mass is 19.1. The monoisotopic (exact) mass is 237 g/mol. The number of aromatic amines is 1. The van der Waals surface area contributed by atoms with Crippen LogP contribution < -0.4 is 15.2 Å². The molecule has 2 rings (SSSR count). The molecule has 17 heavy (non-hydrogen) atoms. The third-order valence-electron chi connectivity index (χ3n) is 2.36. The van der Waals surface area contributed by atoms with Crippen molar-refractivity contribution in [2.45, 2.75) is 0 Å². The third kappa shape index (κ3) is 1.89. The summed E-state index contributed by atoms with van der Waals surface area (Å²) in [5.74, 6) is 0.407. The van der Waals surface area contributed by atoms with Gasteiger partial charge in [-0.05, 0) is 12.1 Å². The van der Waals surface area contributed by atoms with Gasteiger partial charge in [0.15, 0.2) is 11.6 Å². The molecule has 0 aliphatic rings. The molecule has 2 aromatic rings. The van der Waals surface area contributed by atoms with Gasteiger partial charge in [-0.15, -0.1) is 0 Å². The Kier molecular flexibility index (Phi) is 2.86. The molecule has 3 N–H and O–H groups in total. The number of aromatic nitrogens is 2. The lowest BCUT2D eigenvalue weighted by molar-refractivity contribution is 0.376. The second-order valence-electron chi connectivity index (χ2n) is 3.36. The molecule has 0 amide bonds. The molecule has 0 saturated carbocycles. The Labute approximate surface area is 97.3 Å². The van der Waals surface area contributed by atoms with Crippen molar-refractivity contribution >= 4 is 5.82 Å². The standard InChI is InChI=1S/C11H12FN3O2/c1-16-8-4-3-6(12)11(17-2)10(8)7-5-9(13)15-14-7/h3-5H,1-2H3,(H3,13,14,15). The number of halogens is 1. The van der Waals surface area contributed by atoms with Gasteiger partial charge in [-0.25, -0.2) is 4.39 Å². The molecular weight excluding hydrogens is 225 g/mol. The maximum absolute atomic E-state index is 13.6. The Bertz CT molecular complexity index is 540. The van der Waals surface area contributed by atoms with Gasteiger partial charge in [-0.1, -0.05) is 0 Å². The number of nitrogens with two attached hydrogens (primary N) is 1. The molecule has 0 atom stereocenters. The van der Waals surface area contributed by atoms with Crippen molar-refractivity contribution in [3.8, 4) is 22.8 Å². The van der Waals surface area contributed by atoms with Crippen molar-refractivity contribution in [3.63, 3.8) is 0 Å². The molecule has 5 nitrogen and oxygen atoms in total. The number of methoxy groups -OCH3 is 2. The zero-order chi connectivity index (χ0) is 12.4. The Morgan fingerprint density at radius 1 is 1.29 bits per heavy atom. The molecule has 6 heteroatoms. The maximum atomic E-state index is 13.6. The smallest absolute Gasteiger partial charge is 0.167 e. The van der Waals surface area contributed by atoms with Crippen LogP contribution >= 0.6 is 0 Å². The molecule has 1 aromatic heterocycles. The van der Waals surface area contributed by atoms with Gasteiger partial charge in [0.2, 0.25) is 0 Å². The van der Waals surface area contributed by atoms with Crippen LogP contribution in [0.2, 0.25) is 0 Å². The van der Waals surface area contributed by atoms with Gasteiger partial charge in [0.25, 0.3) is 0 Å². The molecule has 0 fully saturated rings. The predicted molar refractivity (Wildman–Crippen MR) is 61.5 cm³/mol. The number of ether oxygens (including phenoxy) is 2. The van der Waals surface area contributed by atoms with E-state index >= 15 is 0 Å². The van der Waals surface area contributed by atoms with Crippen LogP contribution in [0.15, 0.2) is 18.2 Å². The molecule has 90 valence electrons. The number of nitrogen functional groups attached to an aromatic ring is 1. The maximum Gasteiger partial charge on any atom is 0.167 e. The zero-order valence-corrected chi connectivity index (χ0v) is 9.45. The molecule has 0 aliphatic carbocycles. The number of rotatable bonds is 3. The third-order valence-corrected chi connectivity index (χ3v) is 2.36.